The molecule has 2 rings (SSSR count). The Kier molecular flexibility index (Phi) is 5.60. The smallest absolute Gasteiger partial charge is 0.239 e. The second-order valence-corrected chi connectivity index (χ2v) is 5.85. The average Bonchev–Trinajstić information content (AvgIpc) is 2.94. The van der Waals surface area contributed by atoms with Gasteiger partial charge in [0.2, 0.25) is 5.91 Å². The molecule has 1 unspecified atom stereocenters. The summed E-state index contributed by atoms with van der Waals surface area (Å²) in [6.07, 6.45) is 2.33. The van der Waals surface area contributed by atoms with E-state index in [2.05, 4.69) is 22.2 Å². The van der Waals surface area contributed by atoms with E-state index in [0.29, 0.717) is 0 Å². The lowest BCUT2D eigenvalue weighted by atomic mass is 10.3. The lowest BCUT2D eigenvalue weighted by Gasteiger charge is -2.32. The first-order valence-corrected chi connectivity index (χ1v) is 7.60. The van der Waals surface area contributed by atoms with Crippen LogP contribution in [0.25, 0.3) is 0 Å². The molecule has 0 saturated carbocycles. The Bertz CT molecular complexity index is 283. The van der Waals surface area contributed by atoms with Gasteiger partial charge in [-0.05, 0) is 26.8 Å². The summed E-state index contributed by atoms with van der Waals surface area (Å²) in [5, 5.41) is 3.37. The van der Waals surface area contributed by atoms with E-state index < -0.39 is 0 Å². The number of piperazine rings is 1. The van der Waals surface area contributed by atoms with Crippen molar-refractivity contribution in [3.63, 3.8) is 0 Å². The highest BCUT2D eigenvalue weighted by Crippen LogP contribution is 2.08. The number of rotatable bonds is 5. The van der Waals surface area contributed by atoms with Crippen molar-refractivity contribution in [2.75, 3.05) is 59.4 Å². The van der Waals surface area contributed by atoms with E-state index in [1.807, 2.05) is 11.8 Å². The molecule has 1 amide bonds. The van der Waals surface area contributed by atoms with Crippen molar-refractivity contribution in [2.45, 2.75) is 25.8 Å². The molecular formula is C14H28N4O. The van der Waals surface area contributed by atoms with Crippen LogP contribution >= 0.6 is 0 Å². The molecule has 2 aliphatic rings. The van der Waals surface area contributed by atoms with Crippen LogP contribution in [-0.4, -0.2) is 86.1 Å². The number of nitrogens with one attached hydrogen (secondary N) is 1. The second-order valence-electron chi connectivity index (χ2n) is 5.85. The largest absolute Gasteiger partial charge is 0.341 e. The molecule has 5 nitrogen and oxygen atoms in total. The van der Waals surface area contributed by atoms with Crippen LogP contribution in [-0.2, 0) is 4.79 Å². The van der Waals surface area contributed by atoms with Gasteiger partial charge in [0.25, 0.3) is 0 Å². The second kappa shape index (κ2) is 7.22. The summed E-state index contributed by atoms with van der Waals surface area (Å²) in [4.78, 5) is 18.9. The first-order chi connectivity index (χ1) is 9.16. The highest BCUT2D eigenvalue weighted by Gasteiger charge is 2.22. The number of nitrogens with zero attached hydrogens (tertiary/aromatic N) is 3. The maximum Gasteiger partial charge on any atom is 0.239 e. The third-order valence-electron chi connectivity index (χ3n) is 4.26. The van der Waals surface area contributed by atoms with Gasteiger partial charge in [-0.3, -0.25) is 9.69 Å². The minimum Gasteiger partial charge on any atom is -0.341 e. The molecule has 5 heteroatoms. The molecule has 0 spiro atoms. The minimum absolute atomic E-state index is 0.0365. The highest BCUT2D eigenvalue weighted by atomic mass is 16.2. The molecule has 2 aliphatic heterocycles. The van der Waals surface area contributed by atoms with E-state index in [0.717, 1.165) is 52.4 Å². The summed E-state index contributed by atoms with van der Waals surface area (Å²) < 4.78 is 0. The van der Waals surface area contributed by atoms with Crippen LogP contribution in [0, 0.1) is 0 Å². The quantitative estimate of drug-likeness (QED) is 0.752. The van der Waals surface area contributed by atoms with Crippen molar-refractivity contribution in [1.82, 2.24) is 20.0 Å². The number of amides is 1. The van der Waals surface area contributed by atoms with Gasteiger partial charge in [0, 0.05) is 52.4 Å². The number of hydrogen-bond donors (Lipinski definition) is 1. The SMILES string of the molecule is CC(NCCN1CCN(C)CC1)C(=O)N1CCCC1. The van der Waals surface area contributed by atoms with E-state index >= 15 is 0 Å². The number of likely N-dealkylation sites (tertiary alicyclic amines) is 1. The van der Waals surface area contributed by atoms with Gasteiger partial charge in [-0.1, -0.05) is 0 Å². The maximum atomic E-state index is 12.1. The molecule has 2 fully saturated rings. The predicted molar refractivity (Wildman–Crippen MR) is 77.2 cm³/mol. The lowest BCUT2D eigenvalue weighted by molar-refractivity contribution is -0.131. The van der Waals surface area contributed by atoms with Crippen LogP contribution in [0.15, 0.2) is 0 Å². The topological polar surface area (TPSA) is 38.8 Å². The van der Waals surface area contributed by atoms with Gasteiger partial charge in [0.15, 0.2) is 0 Å². The Morgan fingerprint density at radius 3 is 2.37 bits per heavy atom. The summed E-state index contributed by atoms with van der Waals surface area (Å²) in [6.45, 7) is 10.4. The number of carbonyl (C=O) groups excluding carboxylic acids is 1. The third kappa shape index (κ3) is 4.44. The molecule has 1 N–H and O–H groups in total. The lowest BCUT2D eigenvalue weighted by Crippen LogP contribution is -2.49. The first kappa shape index (κ1) is 14.8. The predicted octanol–water partition coefficient (Wildman–Crippen LogP) is -0.166. The van der Waals surface area contributed by atoms with Crippen molar-refractivity contribution in [2.24, 2.45) is 0 Å². The van der Waals surface area contributed by atoms with Gasteiger partial charge in [-0.25, -0.2) is 0 Å². The van der Waals surface area contributed by atoms with Gasteiger partial charge >= 0.3 is 0 Å². The fourth-order valence-electron chi connectivity index (χ4n) is 2.81. The fourth-order valence-corrected chi connectivity index (χ4v) is 2.81. The monoisotopic (exact) mass is 268 g/mol. The molecule has 0 radical (unpaired) electrons. The van der Waals surface area contributed by atoms with E-state index in [-0.39, 0.29) is 11.9 Å². The zero-order valence-corrected chi connectivity index (χ0v) is 12.4. The van der Waals surface area contributed by atoms with Crippen molar-refractivity contribution >= 4 is 5.91 Å². The molecule has 2 saturated heterocycles. The summed E-state index contributed by atoms with van der Waals surface area (Å²) in [5.74, 6) is 0.274. The first-order valence-electron chi connectivity index (χ1n) is 7.60. The van der Waals surface area contributed by atoms with Crippen molar-refractivity contribution in [1.29, 1.82) is 0 Å². The van der Waals surface area contributed by atoms with Crippen LogP contribution in [0.5, 0.6) is 0 Å². The fraction of sp³-hybridized carbons (Fsp3) is 0.929. The van der Waals surface area contributed by atoms with Gasteiger partial charge in [-0.2, -0.15) is 0 Å². The Balaban J connectivity index is 1.60. The van der Waals surface area contributed by atoms with Crippen molar-refractivity contribution in [3.05, 3.63) is 0 Å². The van der Waals surface area contributed by atoms with E-state index in [4.69, 9.17) is 0 Å². The third-order valence-corrected chi connectivity index (χ3v) is 4.26. The van der Waals surface area contributed by atoms with Crippen LogP contribution in [0.2, 0.25) is 0 Å². The highest BCUT2D eigenvalue weighted by molar-refractivity contribution is 5.81. The number of hydrogen-bond acceptors (Lipinski definition) is 4. The van der Waals surface area contributed by atoms with E-state index in [1.165, 1.54) is 12.8 Å². The van der Waals surface area contributed by atoms with E-state index in [9.17, 15) is 4.79 Å². The molecule has 19 heavy (non-hydrogen) atoms. The zero-order valence-electron chi connectivity index (χ0n) is 12.4. The number of carbonyl (C=O) groups is 1. The molecule has 0 aromatic rings. The molecular weight excluding hydrogens is 240 g/mol. The van der Waals surface area contributed by atoms with Crippen LogP contribution < -0.4 is 5.32 Å². The summed E-state index contributed by atoms with van der Waals surface area (Å²) >= 11 is 0. The normalized spacial score (nSPS) is 23.8. The van der Waals surface area contributed by atoms with Crippen molar-refractivity contribution in [3.8, 4) is 0 Å². The van der Waals surface area contributed by atoms with Gasteiger partial charge in [-0.15, -0.1) is 0 Å². The minimum atomic E-state index is -0.0365. The Morgan fingerprint density at radius 1 is 1.11 bits per heavy atom. The molecule has 0 aliphatic carbocycles. The number of likely N-dealkylation sites (N-methyl/N-ethyl adjacent to an activating group) is 1. The van der Waals surface area contributed by atoms with Gasteiger partial charge in [0.1, 0.15) is 0 Å². The molecule has 0 aromatic heterocycles. The standard InChI is InChI=1S/C14H28N4O/c1-13(14(19)18-6-3-4-7-18)15-5-8-17-11-9-16(2)10-12-17/h13,15H,3-12H2,1-2H3. The van der Waals surface area contributed by atoms with Crippen molar-refractivity contribution < 1.29 is 4.79 Å². The van der Waals surface area contributed by atoms with Gasteiger partial charge in [0.05, 0.1) is 6.04 Å². The van der Waals surface area contributed by atoms with Crippen LogP contribution in [0.4, 0.5) is 0 Å². The Hall–Kier alpha value is -0.650. The molecule has 2 heterocycles. The van der Waals surface area contributed by atoms with Crippen LogP contribution in [0.1, 0.15) is 19.8 Å². The Labute approximate surface area is 116 Å². The zero-order chi connectivity index (χ0) is 13.7. The average molecular weight is 268 g/mol. The molecule has 0 aromatic carbocycles. The van der Waals surface area contributed by atoms with Crippen LogP contribution in [0.3, 0.4) is 0 Å². The molecule has 110 valence electrons. The summed E-state index contributed by atoms with van der Waals surface area (Å²) in [5.41, 5.74) is 0. The molecule has 1 atom stereocenters. The van der Waals surface area contributed by atoms with E-state index in [1.54, 1.807) is 0 Å². The summed E-state index contributed by atoms with van der Waals surface area (Å²) in [7, 11) is 2.17. The Morgan fingerprint density at radius 2 is 1.74 bits per heavy atom. The molecule has 0 bridgehead atoms. The van der Waals surface area contributed by atoms with Gasteiger partial charge < -0.3 is 15.1 Å². The maximum absolute atomic E-state index is 12.1. The summed E-state index contributed by atoms with van der Waals surface area (Å²) in [6, 6.07) is -0.0365.